The Morgan fingerprint density at radius 3 is 3.25 bits per heavy atom. The number of nitrogens with one attached hydrogen (secondary N) is 1. The average molecular weight is 223 g/mol. The summed E-state index contributed by atoms with van der Waals surface area (Å²) in [6.45, 7) is 5.61. The first-order valence-corrected chi connectivity index (χ1v) is 6.23. The molecular formula is C12H21N3O. The fourth-order valence-corrected chi connectivity index (χ4v) is 2.22. The zero-order chi connectivity index (χ0) is 11.2. The Bertz CT molecular complexity index is 305. The molecule has 0 bridgehead atoms. The molecule has 16 heavy (non-hydrogen) atoms. The number of rotatable bonds is 5. The van der Waals surface area contributed by atoms with Crippen LogP contribution in [0.5, 0.6) is 0 Å². The van der Waals surface area contributed by atoms with E-state index in [-0.39, 0.29) is 0 Å². The van der Waals surface area contributed by atoms with Gasteiger partial charge in [-0.1, -0.05) is 6.42 Å². The third kappa shape index (κ3) is 2.83. The van der Waals surface area contributed by atoms with Gasteiger partial charge < -0.3 is 14.6 Å². The van der Waals surface area contributed by atoms with Gasteiger partial charge in [-0.15, -0.1) is 0 Å². The highest BCUT2D eigenvalue weighted by atomic mass is 16.5. The molecule has 0 aromatic carbocycles. The van der Waals surface area contributed by atoms with Crippen molar-refractivity contribution in [2.45, 2.75) is 38.8 Å². The van der Waals surface area contributed by atoms with E-state index in [1.54, 1.807) is 0 Å². The van der Waals surface area contributed by atoms with Gasteiger partial charge in [0, 0.05) is 25.4 Å². The second-order valence-corrected chi connectivity index (χ2v) is 4.21. The fourth-order valence-electron chi connectivity index (χ4n) is 2.22. The van der Waals surface area contributed by atoms with Gasteiger partial charge in [0.15, 0.2) is 0 Å². The summed E-state index contributed by atoms with van der Waals surface area (Å²) in [7, 11) is 0. The number of hydrogen-bond donors (Lipinski definition) is 1. The van der Waals surface area contributed by atoms with Crippen LogP contribution in [0.15, 0.2) is 12.5 Å². The van der Waals surface area contributed by atoms with Gasteiger partial charge in [0.25, 0.3) is 0 Å². The van der Waals surface area contributed by atoms with Crippen LogP contribution >= 0.6 is 0 Å². The van der Waals surface area contributed by atoms with Crippen molar-refractivity contribution in [2.75, 3.05) is 19.8 Å². The van der Waals surface area contributed by atoms with E-state index in [0.29, 0.717) is 6.04 Å². The molecule has 1 aliphatic rings. The largest absolute Gasteiger partial charge is 0.380 e. The van der Waals surface area contributed by atoms with Gasteiger partial charge >= 0.3 is 0 Å². The molecule has 1 aromatic rings. The molecule has 0 radical (unpaired) electrons. The highest BCUT2D eigenvalue weighted by molar-refractivity contribution is 5.06. The highest BCUT2D eigenvalue weighted by Gasteiger charge is 2.17. The zero-order valence-electron chi connectivity index (χ0n) is 9.98. The van der Waals surface area contributed by atoms with Gasteiger partial charge in [-0.2, -0.15) is 0 Å². The Morgan fingerprint density at radius 1 is 1.56 bits per heavy atom. The molecule has 4 nitrogen and oxygen atoms in total. The lowest BCUT2D eigenvalue weighted by atomic mass is 10.0. The summed E-state index contributed by atoms with van der Waals surface area (Å²) < 4.78 is 7.59. The minimum atomic E-state index is 0.484. The van der Waals surface area contributed by atoms with Crippen LogP contribution in [0.25, 0.3) is 0 Å². The lowest BCUT2D eigenvalue weighted by Gasteiger charge is -2.24. The number of aromatic nitrogens is 2. The first kappa shape index (κ1) is 11.6. The summed E-state index contributed by atoms with van der Waals surface area (Å²) in [5.74, 6) is 0. The molecule has 1 aromatic heterocycles. The summed E-state index contributed by atoms with van der Waals surface area (Å²) in [6, 6.07) is 0.484. The SMILES string of the molecule is CCOCCn1cncc1C1CCCCN1. The molecule has 4 heteroatoms. The fraction of sp³-hybridized carbons (Fsp3) is 0.750. The Labute approximate surface area is 97.0 Å². The summed E-state index contributed by atoms with van der Waals surface area (Å²) in [5.41, 5.74) is 1.31. The first-order chi connectivity index (χ1) is 7.92. The van der Waals surface area contributed by atoms with E-state index in [1.165, 1.54) is 25.0 Å². The van der Waals surface area contributed by atoms with Crippen LogP contribution in [0.2, 0.25) is 0 Å². The van der Waals surface area contributed by atoms with Crippen LogP contribution in [0, 0.1) is 0 Å². The van der Waals surface area contributed by atoms with Crippen LogP contribution in [0.1, 0.15) is 37.9 Å². The number of nitrogens with zero attached hydrogens (tertiary/aromatic N) is 2. The quantitative estimate of drug-likeness (QED) is 0.773. The Kier molecular flexibility index (Phi) is 4.36. The molecule has 1 aliphatic heterocycles. The molecule has 1 fully saturated rings. The van der Waals surface area contributed by atoms with Gasteiger partial charge in [0.05, 0.1) is 18.6 Å². The average Bonchev–Trinajstić information content (AvgIpc) is 2.79. The molecule has 1 saturated heterocycles. The molecular weight excluding hydrogens is 202 g/mol. The molecule has 1 atom stereocenters. The lowest BCUT2D eigenvalue weighted by molar-refractivity contribution is 0.137. The van der Waals surface area contributed by atoms with E-state index in [1.807, 2.05) is 19.4 Å². The number of hydrogen-bond acceptors (Lipinski definition) is 3. The minimum absolute atomic E-state index is 0.484. The summed E-state index contributed by atoms with van der Waals surface area (Å²) in [4.78, 5) is 4.24. The van der Waals surface area contributed by atoms with Crippen LogP contribution in [-0.4, -0.2) is 29.3 Å². The van der Waals surface area contributed by atoms with E-state index in [0.717, 1.165) is 26.3 Å². The number of piperidine rings is 1. The summed E-state index contributed by atoms with van der Waals surface area (Å²) in [6.07, 6.45) is 7.72. The van der Waals surface area contributed by atoms with Crippen molar-refractivity contribution in [3.05, 3.63) is 18.2 Å². The molecule has 0 aliphatic carbocycles. The third-order valence-electron chi connectivity index (χ3n) is 3.09. The maximum Gasteiger partial charge on any atom is 0.0949 e. The molecule has 90 valence electrons. The van der Waals surface area contributed by atoms with Crippen molar-refractivity contribution in [3.8, 4) is 0 Å². The van der Waals surface area contributed by atoms with Crippen LogP contribution in [-0.2, 0) is 11.3 Å². The number of ether oxygens (including phenoxy) is 1. The maximum absolute atomic E-state index is 5.38. The molecule has 0 amide bonds. The molecule has 1 N–H and O–H groups in total. The molecule has 1 unspecified atom stereocenters. The predicted molar refractivity (Wildman–Crippen MR) is 63.3 cm³/mol. The molecule has 2 rings (SSSR count). The van der Waals surface area contributed by atoms with Crippen molar-refractivity contribution in [1.29, 1.82) is 0 Å². The van der Waals surface area contributed by atoms with Crippen LogP contribution in [0.4, 0.5) is 0 Å². The van der Waals surface area contributed by atoms with Crippen molar-refractivity contribution in [1.82, 2.24) is 14.9 Å². The minimum Gasteiger partial charge on any atom is -0.380 e. The third-order valence-corrected chi connectivity index (χ3v) is 3.09. The van der Waals surface area contributed by atoms with Crippen LogP contribution < -0.4 is 5.32 Å². The predicted octanol–water partition coefficient (Wildman–Crippen LogP) is 1.73. The molecule has 0 saturated carbocycles. The first-order valence-electron chi connectivity index (χ1n) is 6.23. The molecule has 2 heterocycles. The summed E-state index contributed by atoms with van der Waals surface area (Å²) >= 11 is 0. The van der Waals surface area contributed by atoms with Crippen LogP contribution in [0.3, 0.4) is 0 Å². The van der Waals surface area contributed by atoms with Gasteiger partial charge in [0.2, 0.25) is 0 Å². The molecule has 0 spiro atoms. The van der Waals surface area contributed by atoms with E-state index in [4.69, 9.17) is 4.74 Å². The standard InChI is InChI=1S/C12H21N3O/c1-2-16-8-7-15-10-13-9-12(15)11-5-3-4-6-14-11/h9-11,14H,2-8H2,1H3. The van der Waals surface area contributed by atoms with E-state index < -0.39 is 0 Å². The maximum atomic E-state index is 5.38. The highest BCUT2D eigenvalue weighted by Crippen LogP contribution is 2.22. The second kappa shape index (κ2) is 6.01. The van der Waals surface area contributed by atoms with Crippen molar-refractivity contribution in [3.63, 3.8) is 0 Å². The van der Waals surface area contributed by atoms with Gasteiger partial charge in [0.1, 0.15) is 0 Å². The Balaban J connectivity index is 1.94. The van der Waals surface area contributed by atoms with Crippen molar-refractivity contribution >= 4 is 0 Å². The Morgan fingerprint density at radius 2 is 2.50 bits per heavy atom. The second-order valence-electron chi connectivity index (χ2n) is 4.21. The van der Waals surface area contributed by atoms with Gasteiger partial charge in [-0.05, 0) is 26.3 Å². The van der Waals surface area contributed by atoms with Gasteiger partial charge in [-0.3, -0.25) is 0 Å². The van der Waals surface area contributed by atoms with E-state index in [2.05, 4.69) is 14.9 Å². The summed E-state index contributed by atoms with van der Waals surface area (Å²) in [5, 5.41) is 3.55. The van der Waals surface area contributed by atoms with Crippen molar-refractivity contribution < 1.29 is 4.74 Å². The zero-order valence-corrected chi connectivity index (χ0v) is 9.98. The normalized spacial score (nSPS) is 21.2. The monoisotopic (exact) mass is 223 g/mol. The van der Waals surface area contributed by atoms with E-state index >= 15 is 0 Å². The van der Waals surface area contributed by atoms with Gasteiger partial charge in [-0.25, -0.2) is 4.98 Å². The van der Waals surface area contributed by atoms with E-state index in [9.17, 15) is 0 Å². The smallest absolute Gasteiger partial charge is 0.0949 e. The number of imidazole rings is 1. The topological polar surface area (TPSA) is 39.1 Å². The lowest BCUT2D eigenvalue weighted by Crippen LogP contribution is -2.28. The Hall–Kier alpha value is -0.870. The van der Waals surface area contributed by atoms with Crippen molar-refractivity contribution in [2.24, 2.45) is 0 Å².